The maximum absolute atomic E-state index is 10.9. The van der Waals surface area contributed by atoms with E-state index < -0.39 is 12.1 Å². The third-order valence-corrected chi connectivity index (χ3v) is 8.45. The second-order valence-electron chi connectivity index (χ2n) is 11.1. The number of aliphatic hydroxyl groups excluding tert-OH is 1. The second kappa shape index (κ2) is 13.8. The van der Waals surface area contributed by atoms with Crippen molar-refractivity contribution in [2.75, 3.05) is 6.61 Å². The van der Waals surface area contributed by atoms with Gasteiger partial charge >= 0.3 is 5.97 Å². The van der Waals surface area contributed by atoms with Crippen LogP contribution in [0.25, 0.3) is 11.1 Å². The second-order valence-corrected chi connectivity index (χ2v) is 11.1. The first-order valence-electron chi connectivity index (χ1n) is 14.4. The molecule has 6 atom stereocenters. The summed E-state index contributed by atoms with van der Waals surface area (Å²) in [6, 6.07) is 19.4. The highest BCUT2D eigenvalue weighted by Gasteiger charge is 2.58. The third kappa shape index (κ3) is 7.10. The van der Waals surface area contributed by atoms with Gasteiger partial charge in [-0.1, -0.05) is 92.7 Å². The molecule has 4 nitrogen and oxygen atoms in total. The molecule has 0 aromatic heterocycles. The summed E-state index contributed by atoms with van der Waals surface area (Å²) in [5.41, 5.74) is 3.65. The molecule has 2 fully saturated rings. The monoisotopic (exact) mass is 526 g/mol. The molecular weight excluding hydrogens is 484 g/mol. The molecule has 39 heavy (non-hydrogen) atoms. The smallest absolute Gasteiger partial charge is 0.303 e. The Labute approximate surface area is 233 Å². The molecule has 0 spiro atoms. The molecule has 2 unspecified atom stereocenters. The Morgan fingerprint density at radius 2 is 1.85 bits per heavy atom. The predicted molar refractivity (Wildman–Crippen MR) is 157 cm³/mol. The molecule has 1 heterocycles. The number of carbonyl (C=O) groups is 1. The number of carboxylic acid groups (broad SMARTS) is 1. The number of aliphatic carboxylic acids is 1. The molecule has 0 radical (unpaired) electrons. The fourth-order valence-corrected chi connectivity index (χ4v) is 6.19. The van der Waals surface area contributed by atoms with Crippen LogP contribution in [0.4, 0.5) is 0 Å². The maximum Gasteiger partial charge on any atom is 0.303 e. The van der Waals surface area contributed by atoms with Crippen LogP contribution >= 0.6 is 0 Å². The Bertz CT molecular complexity index is 1190. The molecule has 1 saturated heterocycles. The van der Waals surface area contributed by atoms with Crippen LogP contribution in [0.1, 0.15) is 64.4 Å². The molecule has 4 rings (SSSR count). The van der Waals surface area contributed by atoms with Gasteiger partial charge in [0.1, 0.15) is 0 Å². The fourth-order valence-electron chi connectivity index (χ4n) is 6.19. The molecule has 1 aliphatic heterocycles. The minimum atomic E-state index is -0.745. The van der Waals surface area contributed by atoms with Gasteiger partial charge in [-0.05, 0) is 54.2 Å². The minimum absolute atomic E-state index is 0.0758. The number of rotatable bonds is 12. The molecule has 4 heteroatoms. The van der Waals surface area contributed by atoms with Gasteiger partial charge in [0, 0.05) is 30.6 Å². The summed E-state index contributed by atoms with van der Waals surface area (Å²) in [6.45, 7) is 4.79. The van der Waals surface area contributed by atoms with Crippen molar-refractivity contribution in [2.45, 2.75) is 76.4 Å². The van der Waals surface area contributed by atoms with Crippen LogP contribution in [0.5, 0.6) is 0 Å². The van der Waals surface area contributed by atoms with Crippen molar-refractivity contribution in [3.05, 3.63) is 84.5 Å². The quantitative estimate of drug-likeness (QED) is 0.175. The van der Waals surface area contributed by atoms with Crippen LogP contribution in [-0.4, -0.2) is 35.0 Å². The van der Waals surface area contributed by atoms with Gasteiger partial charge in [-0.25, -0.2) is 0 Å². The summed E-state index contributed by atoms with van der Waals surface area (Å²) in [4.78, 5) is 10.9. The first-order chi connectivity index (χ1) is 18.9. The predicted octanol–water partition coefficient (Wildman–Crippen LogP) is 7.18. The number of unbranched alkanes of at least 4 members (excludes halogenated alkanes) is 1. The normalized spacial score (nSPS) is 25.6. The first kappa shape index (κ1) is 28.9. The summed E-state index contributed by atoms with van der Waals surface area (Å²) in [5, 5.41) is 19.7. The lowest BCUT2D eigenvalue weighted by atomic mass is 9.69. The van der Waals surface area contributed by atoms with E-state index in [1.165, 1.54) is 16.7 Å². The molecule has 0 amide bonds. The van der Waals surface area contributed by atoms with Crippen LogP contribution in [-0.2, 0) is 14.9 Å². The van der Waals surface area contributed by atoms with Crippen molar-refractivity contribution in [1.82, 2.24) is 0 Å². The number of aliphatic hydroxyl groups is 1. The Morgan fingerprint density at radius 1 is 1.10 bits per heavy atom. The first-order valence-corrected chi connectivity index (χ1v) is 14.4. The van der Waals surface area contributed by atoms with Gasteiger partial charge in [0.25, 0.3) is 0 Å². The number of fused-ring (bicyclic) bond motifs is 2. The third-order valence-electron chi connectivity index (χ3n) is 8.45. The highest BCUT2D eigenvalue weighted by molar-refractivity contribution is 5.66. The van der Waals surface area contributed by atoms with E-state index >= 15 is 0 Å². The van der Waals surface area contributed by atoms with Crippen LogP contribution in [0, 0.1) is 29.6 Å². The topological polar surface area (TPSA) is 66.8 Å². The molecule has 1 aliphatic carbocycles. The van der Waals surface area contributed by atoms with Crippen molar-refractivity contribution >= 4 is 5.97 Å². The molecule has 2 aliphatic rings. The summed E-state index contributed by atoms with van der Waals surface area (Å²) < 4.78 is 6.37. The fraction of sp³-hybridized carbons (Fsp3) is 0.457. The highest BCUT2D eigenvalue weighted by atomic mass is 16.5. The van der Waals surface area contributed by atoms with Gasteiger partial charge in [-0.2, -0.15) is 0 Å². The molecule has 2 aromatic carbocycles. The lowest BCUT2D eigenvalue weighted by molar-refractivity contribution is -0.137. The lowest BCUT2D eigenvalue weighted by Crippen LogP contribution is -2.39. The average molecular weight is 527 g/mol. The maximum atomic E-state index is 10.9. The van der Waals surface area contributed by atoms with E-state index in [0.717, 1.165) is 25.7 Å². The number of carboxylic acids is 1. The molecule has 2 bridgehead atoms. The van der Waals surface area contributed by atoms with E-state index in [0.29, 0.717) is 25.4 Å². The number of hydrogen-bond donors (Lipinski definition) is 2. The van der Waals surface area contributed by atoms with Crippen molar-refractivity contribution in [3.8, 4) is 23.0 Å². The van der Waals surface area contributed by atoms with Gasteiger partial charge in [0.05, 0.1) is 18.8 Å². The summed E-state index contributed by atoms with van der Waals surface area (Å²) >= 11 is 0. The van der Waals surface area contributed by atoms with E-state index in [9.17, 15) is 9.90 Å². The average Bonchev–Trinajstić information content (AvgIpc) is 3.52. The summed E-state index contributed by atoms with van der Waals surface area (Å²) in [6.07, 6.45) is 13.1. The van der Waals surface area contributed by atoms with Crippen molar-refractivity contribution in [3.63, 3.8) is 0 Å². The van der Waals surface area contributed by atoms with Crippen LogP contribution in [0.3, 0.4) is 0 Å². The van der Waals surface area contributed by atoms with Crippen molar-refractivity contribution in [1.29, 1.82) is 0 Å². The molecule has 2 aromatic rings. The number of hydrogen-bond acceptors (Lipinski definition) is 3. The molecule has 1 saturated carbocycles. The van der Waals surface area contributed by atoms with E-state index in [2.05, 4.69) is 78.6 Å². The zero-order valence-electron chi connectivity index (χ0n) is 23.3. The number of ether oxygens (including phenoxy) is 1. The van der Waals surface area contributed by atoms with Gasteiger partial charge in [0.15, 0.2) is 0 Å². The van der Waals surface area contributed by atoms with Crippen LogP contribution < -0.4 is 0 Å². The Hall–Kier alpha value is -3.13. The lowest BCUT2D eigenvalue weighted by Gasteiger charge is -2.38. The zero-order valence-corrected chi connectivity index (χ0v) is 23.3. The number of allylic oxidation sites excluding steroid dienone is 2. The standard InChI is InChI=1S/C35H42O4/c1-3-4-8-13-26(2)32(36)23-22-30-31(16-11-5-6-12-17-34(37)38)35(24-33(30)39-25-35)29-20-18-28(19-21-29)27-14-9-7-10-15-27/h5,7,9-11,14-15,18-23,26,30-33,36H,3,6,12-13,16-17,24-25H2,1-2H3,(H,37,38)/b11-5+,23-22+/t26-,30-,31-,32+,33?,35?/m0/s1. The largest absolute Gasteiger partial charge is 0.481 e. The van der Waals surface area contributed by atoms with E-state index in [1.807, 2.05) is 26.0 Å². The van der Waals surface area contributed by atoms with Gasteiger partial charge in [-0.15, -0.1) is 11.8 Å². The molecular formula is C35H42O4. The summed E-state index contributed by atoms with van der Waals surface area (Å²) in [5.74, 6) is 6.14. The van der Waals surface area contributed by atoms with E-state index in [4.69, 9.17) is 9.84 Å². The van der Waals surface area contributed by atoms with Crippen molar-refractivity contribution < 1.29 is 19.7 Å². The Balaban J connectivity index is 1.54. The Kier molecular flexibility index (Phi) is 10.2. The highest BCUT2D eigenvalue weighted by Crippen LogP contribution is 2.57. The molecule has 2 N–H and O–H groups in total. The van der Waals surface area contributed by atoms with Crippen molar-refractivity contribution in [2.24, 2.45) is 17.8 Å². The zero-order chi connectivity index (χ0) is 27.7. The van der Waals surface area contributed by atoms with E-state index in [-0.39, 0.29) is 29.8 Å². The number of benzene rings is 2. The van der Waals surface area contributed by atoms with E-state index in [1.54, 1.807) is 0 Å². The molecule has 206 valence electrons. The van der Waals surface area contributed by atoms with Crippen LogP contribution in [0.15, 0.2) is 78.9 Å². The summed E-state index contributed by atoms with van der Waals surface area (Å²) in [7, 11) is 0. The van der Waals surface area contributed by atoms with Crippen LogP contribution in [0.2, 0.25) is 0 Å². The van der Waals surface area contributed by atoms with Gasteiger partial charge in [-0.3, -0.25) is 4.79 Å². The minimum Gasteiger partial charge on any atom is -0.481 e. The Morgan fingerprint density at radius 3 is 2.56 bits per heavy atom. The van der Waals surface area contributed by atoms with Gasteiger partial charge < -0.3 is 14.9 Å². The SMILES string of the molecule is CCC#CC[C@H](C)[C@H](O)/C=C/[C@@H]1C2CC(c3ccc(-c4ccccc4)cc3)(CO2)[C@H]1C/C=C/CCCC(=O)O. The van der Waals surface area contributed by atoms with Gasteiger partial charge in [0.2, 0.25) is 0 Å².